The number of hydrogen-bond acceptors (Lipinski definition) is 3. The van der Waals surface area contributed by atoms with Crippen molar-refractivity contribution in [3.05, 3.63) is 0 Å². The van der Waals surface area contributed by atoms with Gasteiger partial charge in [-0.1, -0.05) is 6.92 Å². The van der Waals surface area contributed by atoms with Gasteiger partial charge in [0.15, 0.2) is 0 Å². The Bertz CT molecular complexity index is 257. The van der Waals surface area contributed by atoms with Gasteiger partial charge in [0.1, 0.15) is 0 Å². The van der Waals surface area contributed by atoms with Crippen LogP contribution in [0.5, 0.6) is 0 Å². The standard InChI is InChI=1S/C13H24N2O/c1-5-15(9-11(2)8-14)10-12-6-7-13(3,4)16-12/h11-12H,5-7,9-10H2,1-4H3. The summed E-state index contributed by atoms with van der Waals surface area (Å²) in [7, 11) is 0. The summed E-state index contributed by atoms with van der Waals surface area (Å²) >= 11 is 0. The van der Waals surface area contributed by atoms with Crippen LogP contribution in [0.3, 0.4) is 0 Å². The fourth-order valence-electron chi connectivity index (χ4n) is 2.26. The monoisotopic (exact) mass is 224 g/mol. The molecule has 92 valence electrons. The molecule has 0 spiro atoms. The number of ether oxygens (including phenoxy) is 1. The maximum atomic E-state index is 8.82. The molecule has 1 aliphatic rings. The van der Waals surface area contributed by atoms with Gasteiger partial charge in [-0.15, -0.1) is 0 Å². The van der Waals surface area contributed by atoms with E-state index in [-0.39, 0.29) is 11.5 Å². The lowest BCUT2D eigenvalue weighted by Crippen LogP contribution is -2.36. The second-order valence-electron chi connectivity index (χ2n) is 5.42. The molecule has 0 aromatic rings. The highest BCUT2D eigenvalue weighted by atomic mass is 16.5. The number of likely N-dealkylation sites (N-methyl/N-ethyl adjacent to an activating group) is 1. The second kappa shape index (κ2) is 5.65. The van der Waals surface area contributed by atoms with Gasteiger partial charge in [-0.2, -0.15) is 5.26 Å². The van der Waals surface area contributed by atoms with E-state index >= 15 is 0 Å². The van der Waals surface area contributed by atoms with Crippen molar-refractivity contribution in [2.75, 3.05) is 19.6 Å². The average Bonchev–Trinajstić information content (AvgIpc) is 2.56. The van der Waals surface area contributed by atoms with Gasteiger partial charge >= 0.3 is 0 Å². The van der Waals surface area contributed by atoms with Gasteiger partial charge in [-0.3, -0.25) is 4.90 Å². The molecule has 0 aromatic heterocycles. The van der Waals surface area contributed by atoms with Gasteiger partial charge in [0.2, 0.25) is 0 Å². The molecular weight excluding hydrogens is 200 g/mol. The molecule has 0 radical (unpaired) electrons. The molecule has 0 amide bonds. The van der Waals surface area contributed by atoms with Crippen LogP contribution in [0.2, 0.25) is 0 Å². The Hall–Kier alpha value is -0.590. The molecule has 1 aliphatic heterocycles. The summed E-state index contributed by atoms with van der Waals surface area (Å²) in [6.07, 6.45) is 2.63. The zero-order valence-corrected chi connectivity index (χ0v) is 11.0. The molecule has 1 saturated heterocycles. The first kappa shape index (κ1) is 13.5. The van der Waals surface area contributed by atoms with E-state index < -0.39 is 0 Å². The summed E-state index contributed by atoms with van der Waals surface area (Å²) in [6, 6.07) is 2.29. The van der Waals surface area contributed by atoms with Crippen LogP contribution in [-0.4, -0.2) is 36.2 Å². The van der Waals surface area contributed by atoms with Gasteiger partial charge in [0, 0.05) is 13.1 Å². The fraction of sp³-hybridized carbons (Fsp3) is 0.923. The van der Waals surface area contributed by atoms with Crippen molar-refractivity contribution >= 4 is 0 Å². The molecular formula is C13H24N2O. The minimum absolute atomic E-state index is 0.0466. The molecule has 1 rings (SSSR count). The van der Waals surface area contributed by atoms with E-state index in [1.54, 1.807) is 0 Å². The van der Waals surface area contributed by atoms with Crippen molar-refractivity contribution in [1.29, 1.82) is 5.26 Å². The Balaban J connectivity index is 2.37. The van der Waals surface area contributed by atoms with Crippen LogP contribution in [0.15, 0.2) is 0 Å². The van der Waals surface area contributed by atoms with E-state index in [4.69, 9.17) is 10.00 Å². The molecule has 1 fully saturated rings. The molecule has 3 heteroatoms. The smallest absolute Gasteiger partial charge is 0.0710 e. The molecule has 0 bridgehead atoms. The van der Waals surface area contributed by atoms with Crippen molar-refractivity contribution in [3.63, 3.8) is 0 Å². The topological polar surface area (TPSA) is 36.3 Å². The highest BCUT2D eigenvalue weighted by molar-refractivity contribution is 4.85. The van der Waals surface area contributed by atoms with Crippen LogP contribution in [0, 0.1) is 17.2 Å². The third kappa shape index (κ3) is 4.11. The highest BCUT2D eigenvalue weighted by Gasteiger charge is 2.32. The maximum Gasteiger partial charge on any atom is 0.0710 e. The van der Waals surface area contributed by atoms with E-state index in [9.17, 15) is 0 Å². The summed E-state index contributed by atoms with van der Waals surface area (Å²) < 4.78 is 5.97. The Labute approximate surface area is 99.4 Å². The highest BCUT2D eigenvalue weighted by Crippen LogP contribution is 2.29. The number of rotatable bonds is 5. The summed E-state index contributed by atoms with van der Waals surface area (Å²) in [5, 5.41) is 8.82. The van der Waals surface area contributed by atoms with Crippen molar-refractivity contribution in [1.82, 2.24) is 4.90 Å². The van der Waals surface area contributed by atoms with E-state index in [0.717, 1.165) is 32.5 Å². The molecule has 1 heterocycles. The maximum absolute atomic E-state index is 8.82. The predicted octanol–water partition coefficient (Wildman–Crippen LogP) is 2.43. The molecule has 0 aromatic carbocycles. The molecule has 3 nitrogen and oxygen atoms in total. The SMILES string of the molecule is CCN(CC(C)C#N)CC1CCC(C)(C)O1. The minimum atomic E-state index is 0.0466. The van der Waals surface area contributed by atoms with Crippen molar-refractivity contribution < 1.29 is 4.74 Å². The van der Waals surface area contributed by atoms with E-state index in [0.29, 0.717) is 6.10 Å². The molecule has 2 atom stereocenters. The largest absolute Gasteiger partial charge is 0.371 e. The first-order valence-corrected chi connectivity index (χ1v) is 6.26. The first-order valence-electron chi connectivity index (χ1n) is 6.26. The zero-order chi connectivity index (χ0) is 12.2. The number of hydrogen-bond donors (Lipinski definition) is 0. The van der Waals surface area contributed by atoms with Crippen molar-refractivity contribution in [3.8, 4) is 6.07 Å². The van der Waals surface area contributed by atoms with Crippen molar-refractivity contribution in [2.24, 2.45) is 5.92 Å². The third-order valence-electron chi connectivity index (χ3n) is 3.22. The average molecular weight is 224 g/mol. The second-order valence-corrected chi connectivity index (χ2v) is 5.42. The summed E-state index contributed by atoms with van der Waals surface area (Å²) in [5.41, 5.74) is 0.0466. The molecule has 2 unspecified atom stereocenters. The van der Waals surface area contributed by atoms with Gasteiger partial charge in [-0.25, -0.2) is 0 Å². The zero-order valence-electron chi connectivity index (χ0n) is 11.0. The summed E-state index contributed by atoms with van der Waals surface area (Å²) in [4.78, 5) is 2.32. The minimum Gasteiger partial charge on any atom is -0.371 e. The van der Waals surface area contributed by atoms with Crippen LogP contribution in [0.1, 0.15) is 40.5 Å². The quantitative estimate of drug-likeness (QED) is 0.719. The van der Waals surface area contributed by atoms with Gasteiger partial charge < -0.3 is 4.74 Å². The van der Waals surface area contributed by atoms with Crippen LogP contribution in [-0.2, 0) is 4.74 Å². The Morgan fingerprint density at radius 2 is 2.25 bits per heavy atom. The van der Waals surface area contributed by atoms with Gasteiger partial charge in [0.25, 0.3) is 0 Å². The van der Waals surface area contributed by atoms with E-state index in [1.165, 1.54) is 0 Å². The number of nitriles is 1. The van der Waals surface area contributed by atoms with Crippen molar-refractivity contribution in [2.45, 2.75) is 52.2 Å². The normalized spacial score (nSPS) is 25.6. The summed E-state index contributed by atoms with van der Waals surface area (Å²) in [6.45, 7) is 11.2. The fourth-order valence-corrected chi connectivity index (χ4v) is 2.26. The lowest BCUT2D eigenvalue weighted by molar-refractivity contribution is -0.0287. The lowest BCUT2D eigenvalue weighted by Gasteiger charge is -2.26. The van der Waals surface area contributed by atoms with Crippen LogP contribution in [0.25, 0.3) is 0 Å². The van der Waals surface area contributed by atoms with E-state index in [2.05, 4.69) is 31.7 Å². The molecule has 0 N–H and O–H groups in total. The van der Waals surface area contributed by atoms with E-state index in [1.807, 2.05) is 6.92 Å². The van der Waals surface area contributed by atoms with Gasteiger partial charge in [0.05, 0.1) is 23.7 Å². The lowest BCUT2D eigenvalue weighted by atomic mass is 10.1. The Kier molecular flexibility index (Phi) is 4.76. The Morgan fingerprint density at radius 3 is 2.69 bits per heavy atom. The third-order valence-corrected chi connectivity index (χ3v) is 3.22. The Morgan fingerprint density at radius 1 is 1.56 bits per heavy atom. The van der Waals surface area contributed by atoms with Gasteiger partial charge in [-0.05, 0) is 40.2 Å². The predicted molar refractivity (Wildman–Crippen MR) is 65.1 cm³/mol. The number of nitrogens with zero attached hydrogens (tertiary/aromatic N) is 2. The molecule has 16 heavy (non-hydrogen) atoms. The molecule has 0 saturated carbocycles. The summed E-state index contributed by atoms with van der Waals surface area (Å²) in [5.74, 6) is 0.106. The van der Waals surface area contributed by atoms with Crippen LogP contribution >= 0.6 is 0 Å². The van der Waals surface area contributed by atoms with Crippen LogP contribution in [0.4, 0.5) is 0 Å². The van der Waals surface area contributed by atoms with Crippen LogP contribution < -0.4 is 0 Å². The molecule has 0 aliphatic carbocycles. The first-order chi connectivity index (χ1) is 7.46.